The van der Waals surface area contributed by atoms with E-state index in [0.29, 0.717) is 6.54 Å². The molecule has 1 aromatic carbocycles. The van der Waals surface area contributed by atoms with E-state index in [0.717, 1.165) is 37.9 Å². The maximum atomic E-state index is 12.4. The van der Waals surface area contributed by atoms with Crippen LogP contribution < -0.4 is 4.74 Å². The van der Waals surface area contributed by atoms with Gasteiger partial charge in [-0.2, -0.15) is 0 Å². The predicted molar refractivity (Wildman–Crippen MR) is 83.4 cm³/mol. The van der Waals surface area contributed by atoms with Crippen molar-refractivity contribution in [2.75, 3.05) is 13.1 Å². The average Bonchev–Trinajstić information content (AvgIpc) is 2.44. The number of rotatable bonds is 3. The van der Waals surface area contributed by atoms with Gasteiger partial charge in [-0.1, -0.05) is 23.8 Å². The predicted octanol–water partition coefficient (Wildman–Crippen LogP) is 5.09. The number of nitrogens with zero attached hydrogens (tertiary/aromatic N) is 1. The molecular weight excluding hydrogens is 327 g/mol. The Morgan fingerprint density at radius 2 is 1.83 bits per heavy atom. The average molecular weight is 344 g/mol. The van der Waals surface area contributed by atoms with Gasteiger partial charge in [0.25, 0.3) is 0 Å². The summed E-state index contributed by atoms with van der Waals surface area (Å²) < 4.78 is 41.1. The van der Waals surface area contributed by atoms with Crippen molar-refractivity contribution in [3.63, 3.8) is 0 Å². The summed E-state index contributed by atoms with van der Waals surface area (Å²) in [5, 5.41) is 0.247. The number of alkyl halides is 3. The van der Waals surface area contributed by atoms with Crippen LogP contribution >= 0.6 is 11.6 Å². The van der Waals surface area contributed by atoms with Crippen LogP contribution in [0.4, 0.5) is 13.2 Å². The van der Waals surface area contributed by atoms with Crippen molar-refractivity contribution in [3.05, 3.63) is 52.1 Å². The Labute approximate surface area is 138 Å². The molecule has 0 atom stereocenters. The van der Waals surface area contributed by atoms with Gasteiger partial charge in [-0.05, 0) is 54.2 Å². The summed E-state index contributed by atoms with van der Waals surface area (Å²) in [7, 11) is 0. The highest BCUT2D eigenvalue weighted by Gasteiger charge is 2.31. The summed E-state index contributed by atoms with van der Waals surface area (Å²) in [6.07, 6.45) is 3.00. The fraction of sp³-hybridized carbons (Fsp3) is 0.412. The number of piperidine rings is 1. The van der Waals surface area contributed by atoms with Crippen LogP contribution in [-0.4, -0.2) is 24.4 Å². The van der Waals surface area contributed by atoms with Crippen molar-refractivity contribution in [3.8, 4) is 5.75 Å². The molecule has 0 N–H and O–H groups in total. The summed E-state index contributed by atoms with van der Waals surface area (Å²) in [5.41, 5.74) is 3.48. The van der Waals surface area contributed by atoms with Crippen LogP contribution in [0.25, 0.3) is 0 Å². The fourth-order valence-electron chi connectivity index (χ4n) is 3.10. The van der Waals surface area contributed by atoms with Crippen molar-refractivity contribution < 1.29 is 17.9 Å². The second kappa shape index (κ2) is 6.57. The van der Waals surface area contributed by atoms with Crippen LogP contribution in [0.3, 0.4) is 0 Å². The highest BCUT2D eigenvalue weighted by Crippen LogP contribution is 2.30. The topological polar surface area (TPSA) is 12.5 Å². The fourth-order valence-corrected chi connectivity index (χ4v) is 3.35. The first kappa shape index (κ1) is 16.4. The first-order chi connectivity index (χ1) is 10.9. The molecule has 6 heteroatoms. The molecule has 1 aliphatic heterocycles. The summed E-state index contributed by atoms with van der Waals surface area (Å²) in [6, 6.07) is 4.27. The minimum atomic E-state index is -4.71. The molecule has 3 rings (SSSR count). The number of likely N-dealkylation sites (tertiary alicyclic amines) is 1. The molecule has 0 saturated carbocycles. The number of fused-ring (bicyclic) bond motifs is 1. The van der Waals surface area contributed by atoms with Crippen molar-refractivity contribution in [1.29, 1.82) is 0 Å². The Morgan fingerprint density at radius 3 is 2.57 bits per heavy atom. The summed E-state index contributed by atoms with van der Waals surface area (Å²) in [5.74, 6) is -0.269. The largest absolute Gasteiger partial charge is 0.573 e. The SMILES string of the molecule is FC(F)(F)Oc1cc(Cl)cc(CN2CCC3=CCCC=C3C2)c1. The van der Waals surface area contributed by atoms with Crippen molar-refractivity contribution in [2.45, 2.75) is 32.2 Å². The third kappa shape index (κ3) is 4.52. The van der Waals surface area contributed by atoms with E-state index >= 15 is 0 Å². The van der Waals surface area contributed by atoms with Gasteiger partial charge >= 0.3 is 6.36 Å². The lowest BCUT2D eigenvalue weighted by Gasteiger charge is -2.32. The van der Waals surface area contributed by atoms with Crippen molar-refractivity contribution in [2.24, 2.45) is 0 Å². The van der Waals surface area contributed by atoms with E-state index in [9.17, 15) is 13.2 Å². The minimum absolute atomic E-state index is 0.247. The second-order valence-corrected chi connectivity index (χ2v) is 6.28. The van der Waals surface area contributed by atoms with Gasteiger partial charge < -0.3 is 4.74 Å². The summed E-state index contributed by atoms with van der Waals surface area (Å²) >= 11 is 5.92. The van der Waals surface area contributed by atoms with E-state index in [-0.39, 0.29) is 10.8 Å². The molecular formula is C17H17ClF3NO. The van der Waals surface area contributed by atoms with Crippen molar-refractivity contribution in [1.82, 2.24) is 4.90 Å². The molecule has 0 bridgehead atoms. The third-order valence-electron chi connectivity index (χ3n) is 4.02. The van der Waals surface area contributed by atoms with Gasteiger partial charge in [-0.15, -0.1) is 13.2 Å². The zero-order valence-corrected chi connectivity index (χ0v) is 13.3. The lowest BCUT2D eigenvalue weighted by atomic mass is 9.91. The van der Waals surface area contributed by atoms with Crippen LogP contribution in [-0.2, 0) is 6.54 Å². The van der Waals surface area contributed by atoms with E-state index in [1.165, 1.54) is 23.3 Å². The lowest BCUT2D eigenvalue weighted by Crippen LogP contribution is -2.32. The minimum Gasteiger partial charge on any atom is -0.406 e. The molecule has 1 heterocycles. The molecule has 0 aromatic heterocycles. The van der Waals surface area contributed by atoms with Crippen LogP contribution in [0.1, 0.15) is 24.8 Å². The van der Waals surface area contributed by atoms with Gasteiger partial charge in [0.1, 0.15) is 5.75 Å². The van der Waals surface area contributed by atoms with Crippen molar-refractivity contribution >= 4 is 11.6 Å². The van der Waals surface area contributed by atoms with Gasteiger partial charge in [0.15, 0.2) is 0 Å². The molecule has 1 aliphatic carbocycles. The quantitative estimate of drug-likeness (QED) is 0.758. The standard InChI is InChI=1S/C17H17ClF3NO/c18-15-7-12(8-16(9-15)23-17(19,20)21)10-22-6-5-13-3-1-2-4-14(13)11-22/h3-4,7-9H,1-2,5-6,10-11H2. The van der Waals surface area contributed by atoms with E-state index < -0.39 is 6.36 Å². The number of ether oxygens (including phenoxy) is 1. The van der Waals surface area contributed by atoms with Gasteiger partial charge in [0.05, 0.1) is 0 Å². The number of hydrogen-bond donors (Lipinski definition) is 0. The number of allylic oxidation sites excluding steroid dienone is 2. The monoisotopic (exact) mass is 343 g/mol. The second-order valence-electron chi connectivity index (χ2n) is 5.84. The Hall–Kier alpha value is -1.46. The Balaban J connectivity index is 1.70. The Kier molecular flexibility index (Phi) is 4.69. The van der Waals surface area contributed by atoms with Gasteiger partial charge in [0.2, 0.25) is 0 Å². The lowest BCUT2D eigenvalue weighted by molar-refractivity contribution is -0.274. The zero-order chi connectivity index (χ0) is 16.4. The molecule has 0 unspecified atom stereocenters. The van der Waals surface area contributed by atoms with Crippen LogP contribution in [0.2, 0.25) is 5.02 Å². The van der Waals surface area contributed by atoms with E-state index in [4.69, 9.17) is 11.6 Å². The van der Waals surface area contributed by atoms with Gasteiger partial charge in [0, 0.05) is 24.7 Å². The van der Waals surface area contributed by atoms with E-state index in [2.05, 4.69) is 21.8 Å². The molecule has 0 amide bonds. The van der Waals surface area contributed by atoms with Gasteiger partial charge in [-0.3, -0.25) is 4.90 Å². The Bertz CT molecular complexity index is 652. The molecule has 2 nitrogen and oxygen atoms in total. The maximum absolute atomic E-state index is 12.4. The molecule has 2 aliphatic rings. The molecule has 1 saturated heterocycles. The first-order valence-corrected chi connectivity index (χ1v) is 7.93. The number of hydrogen-bond acceptors (Lipinski definition) is 2. The molecule has 124 valence electrons. The molecule has 0 radical (unpaired) electrons. The number of halogens is 4. The van der Waals surface area contributed by atoms with E-state index in [1.54, 1.807) is 6.07 Å². The Morgan fingerprint density at radius 1 is 1.09 bits per heavy atom. The zero-order valence-electron chi connectivity index (χ0n) is 12.5. The molecule has 0 spiro atoms. The maximum Gasteiger partial charge on any atom is 0.573 e. The van der Waals surface area contributed by atoms with Crippen LogP contribution in [0.5, 0.6) is 5.75 Å². The molecule has 1 aromatic rings. The normalized spacial score (nSPS) is 19.0. The highest BCUT2D eigenvalue weighted by molar-refractivity contribution is 6.30. The molecule has 23 heavy (non-hydrogen) atoms. The van der Waals surface area contributed by atoms with Gasteiger partial charge in [-0.25, -0.2) is 0 Å². The smallest absolute Gasteiger partial charge is 0.406 e. The van der Waals surface area contributed by atoms with Crippen LogP contribution in [0, 0.1) is 0 Å². The summed E-state index contributed by atoms with van der Waals surface area (Å²) in [4.78, 5) is 2.22. The molecule has 1 fully saturated rings. The third-order valence-corrected chi connectivity index (χ3v) is 4.24. The highest BCUT2D eigenvalue weighted by atomic mass is 35.5. The van der Waals surface area contributed by atoms with Crippen LogP contribution in [0.15, 0.2) is 41.5 Å². The first-order valence-electron chi connectivity index (χ1n) is 7.55. The number of benzene rings is 1. The van der Waals surface area contributed by atoms with E-state index in [1.807, 2.05) is 0 Å². The summed E-state index contributed by atoms with van der Waals surface area (Å²) in [6.45, 7) is 2.28.